The Morgan fingerprint density at radius 3 is 2.52 bits per heavy atom. The molecule has 1 aromatic carbocycles. The lowest BCUT2D eigenvalue weighted by molar-refractivity contribution is -0.151. The summed E-state index contributed by atoms with van der Waals surface area (Å²) in [4.78, 5) is 22.5. The Morgan fingerprint density at radius 1 is 1.24 bits per heavy atom. The molecule has 5 nitrogen and oxygen atoms in total. The third-order valence-corrected chi connectivity index (χ3v) is 3.11. The highest BCUT2D eigenvalue weighted by atomic mass is 35.5. The molecule has 0 heterocycles. The fraction of sp³-hybridized carbons (Fsp3) is 0.467. The molecule has 0 saturated carbocycles. The summed E-state index contributed by atoms with van der Waals surface area (Å²) in [5.41, 5.74) is 1.06. The molecule has 0 saturated heterocycles. The molecular formula is C15H20ClNO4. The molecule has 1 atom stereocenters. The van der Waals surface area contributed by atoms with Crippen molar-refractivity contribution in [2.45, 2.75) is 32.6 Å². The lowest BCUT2D eigenvalue weighted by atomic mass is 10.0. The summed E-state index contributed by atoms with van der Waals surface area (Å²) in [6.45, 7) is 3.90. The largest absolute Gasteiger partial charge is 0.428 e. The molecule has 116 valence electrons. The van der Waals surface area contributed by atoms with E-state index in [2.05, 4.69) is 5.32 Å². The van der Waals surface area contributed by atoms with E-state index in [-0.39, 0.29) is 18.7 Å². The van der Waals surface area contributed by atoms with E-state index in [0.717, 1.165) is 5.56 Å². The maximum absolute atomic E-state index is 11.4. The number of esters is 1. The maximum atomic E-state index is 11.4. The molecule has 0 aliphatic heterocycles. The summed E-state index contributed by atoms with van der Waals surface area (Å²) >= 11 is 5.82. The van der Waals surface area contributed by atoms with Gasteiger partial charge in [0.25, 0.3) is 0 Å². The van der Waals surface area contributed by atoms with Crippen LogP contribution in [-0.2, 0) is 14.3 Å². The standard InChI is InChI=1S/C15H20ClNO4/c1-3-4-14(18)20-10-21-15(19)17-9-11(2)12-5-7-13(16)8-6-12/h5-8,11H,3-4,9-10H2,1-2H3,(H,17,19)/t11-/m0/s1. The van der Waals surface area contributed by atoms with Gasteiger partial charge >= 0.3 is 12.1 Å². The van der Waals surface area contributed by atoms with Gasteiger partial charge in [-0.05, 0) is 30.0 Å². The number of rotatable bonds is 7. The molecule has 1 amide bonds. The lowest BCUT2D eigenvalue weighted by Gasteiger charge is -2.13. The first-order valence-corrected chi connectivity index (χ1v) is 7.22. The van der Waals surface area contributed by atoms with Crippen molar-refractivity contribution in [3.05, 3.63) is 34.9 Å². The molecule has 0 aliphatic rings. The van der Waals surface area contributed by atoms with E-state index in [9.17, 15) is 9.59 Å². The Kier molecular flexibility index (Phi) is 7.61. The lowest BCUT2D eigenvalue weighted by Crippen LogP contribution is -2.29. The van der Waals surface area contributed by atoms with Crippen molar-refractivity contribution in [2.24, 2.45) is 0 Å². The van der Waals surface area contributed by atoms with E-state index in [1.54, 1.807) is 12.1 Å². The second-order valence-corrected chi connectivity index (χ2v) is 5.09. The smallest absolute Gasteiger partial charge is 0.410 e. The van der Waals surface area contributed by atoms with E-state index < -0.39 is 6.09 Å². The Balaban J connectivity index is 2.23. The third kappa shape index (κ3) is 6.99. The van der Waals surface area contributed by atoms with Crippen LogP contribution in [0.5, 0.6) is 0 Å². The number of nitrogens with one attached hydrogen (secondary N) is 1. The maximum Gasteiger partial charge on any atom is 0.410 e. The molecule has 6 heteroatoms. The minimum atomic E-state index is -0.611. The van der Waals surface area contributed by atoms with Crippen LogP contribution >= 0.6 is 11.6 Å². The summed E-state index contributed by atoms with van der Waals surface area (Å²) in [6.07, 6.45) is 0.405. The number of halogens is 1. The predicted molar refractivity (Wildman–Crippen MR) is 80.2 cm³/mol. The summed E-state index contributed by atoms with van der Waals surface area (Å²) in [6, 6.07) is 7.43. The van der Waals surface area contributed by atoms with Gasteiger partial charge in [0.2, 0.25) is 6.79 Å². The first kappa shape index (κ1) is 17.3. The zero-order chi connectivity index (χ0) is 15.7. The van der Waals surface area contributed by atoms with Crippen molar-refractivity contribution in [1.29, 1.82) is 0 Å². The van der Waals surface area contributed by atoms with Crippen molar-refractivity contribution in [3.8, 4) is 0 Å². The molecule has 1 rings (SSSR count). The molecule has 0 aromatic heterocycles. The summed E-state index contributed by atoms with van der Waals surface area (Å²) < 4.78 is 9.47. The molecular weight excluding hydrogens is 294 g/mol. The molecule has 1 N–H and O–H groups in total. The van der Waals surface area contributed by atoms with Crippen molar-refractivity contribution < 1.29 is 19.1 Å². The summed E-state index contributed by atoms with van der Waals surface area (Å²) in [7, 11) is 0. The van der Waals surface area contributed by atoms with Crippen molar-refractivity contribution in [2.75, 3.05) is 13.3 Å². The Morgan fingerprint density at radius 2 is 1.90 bits per heavy atom. The van der Waals surface area contributed by atoms with E-state index in [0.29, 0.717) is 24.4 Å². The van der Waals surface area contributed by atoms with Gasteiger partial charge < -0.3 is 14.8 Å². The normalized spacial score (nSPS) is 11.6. The fourth-order valence-corrected chi connectivity index (χ4v) is 1.75. The van der Waals surface area contributed by atoms with Gasteiger partial charge in [-0.2, -0.15) is 0 Å². The van der Waals surface area contributed by atoms with Crippen LogP contribution in [0.4, 0.5) is 4.79 Å². The first-order chi connectivity index (χ1) is 10.0. The zero-order valence-corrected chi connectivity index (χ0v) is 13.0. The summed E-state index contributed by atoms with van der Waals surface area (Å²) in [5.74, 6) is -0.253. The van der Waals surface area contributed by atoms with Crippen LogP contribution in [0.25, 0.3) is 0 Å². The van der Waals surface area contributed by atoms with Gasteiger partial charge in [-0.15, -0.1) is 0 Å². The van der Waals surface area contributed by atoms with E-state index in [1.165, 1.54) is 0 Å². The van der Waals surface area contributed by atoms with Gasteiger partial charge in [-0.1, -0.05) is 37.6 Å². The fourth-order valence-electron chi connectivity index (χ4n) is 1.62. The SMILES string of the molecule is CCCC(=O)OCOC(=O)NC[C@H](C)c1ccc(Cl)cc1. The Bertz CT molecular complexity index is 461. The Hall–Kier alpha value is -1.75. The molecule has 21 heavy (non-hydrogen) atoms. The number of alkyl carbamates (subject to hydrolysis) is 1. The van der Waals surface area contributed by atoms with Gasteiger partial charge in [0.15, 0.2) is 0 Å². The number of carbonyl (C=O) groups excluding carboxylic acids is 2. The highest BCUT2D eigenvalue weighted by Gasteiger charge is 2.09. The molecule has 0 radical (unpaired) electrons. The molecule has 0 bridgehead atoms. The van der Waals surface area contributed by atoms with Crippen LogP contribution in [0.2, 0.25) is 5.02 Å². The zero-order valence-electron chi connectivity index (χ0n) is 12.2. The van der Waals surface area contributed by atoms with Gasteiger partial charge in [0, 0.05) is 18.0 Å². The number of ether oxygens (including phenoxy) is 2. The molecule has 0 unspecified atom stereocenters. The van der Waals surface area contributed by atoms with Crippen LogP contribution < -0.4 is 5.32 Å². The van der Waals surface area contributed by atoms with E-state index >= 15 is 0 Å². The van der Waals surface area contributed by atoms with Crippen LogP contribution in [-0.4, -0.2) is 25.4 Å². The van der Waals surface area contributed by atoms with Crippen molar-refractivity contribution in [1.82, 2.24) is 5.32 Å². The first-order valence-electron chi connectivity index (χ1n) is 6.84. The Labute approximate surface area is 129 Å². The average Bonchev–Trinajstić information content (AvgIpc) is 2.46. The topological polar surface area (TPSA) is 64.6 Å². The van der Waals surface area contributed by atoms with Crippen molar-refractivity contribution in [3.63, 3.8) is 0 Å². The number of hydrogen-bond donors (Lipinski definition) is 1. The number of carbonyl (C=O) groups is 2. The monoisotopic (exact) mass is 313 g/mol. The molecule has 1 aromatic rings. The predicted octanol–water partition coefficient (Wildman–Crippen LogP) is 3.47. The van der Waals surface area contributed by atoms with Crippen LogP contribution in [0.1, 0.15) is 38.2 Å². The molecule has 0 aliphatic carbocycles. The van der Waals surface area contributed by atoms with Crippen LogP contribution in [0.3, 0.4) is 0 Å². The average molecular weight is 314 g/mol. The summed E-state index contributed by atoms with van der Waals surface area (Å²) in [5, 5.41) is 3.29. The highest BCUT2D eigenvalue weighted by Crippen LogP contribution is 2.17. The quantitative estimate of drug-likeness (QED) is 0.618. The van der Waals surface area contributed by atoms with E-state index in [4.69, 9.17) is 21.1 Å². The van der Waals surface area contributed by atoms with E-state index in [1.807, 2.05) is 26.0 Å². The molecule has 0 spiro atoms. The van der Waals surface area contributed by atoms with Gasteiger partial charge in [-0.25, -0.2) is 4.79 Å². The van der Waals surface area contributed by atoms with Crippen LogP contribution in [0.15, 0.2) is 24.3 Å². The van der Waals surface area contributed by atoms with Gasteiger partial charge in [-0.3, -0.25) is 4.79 Å². The second kappa shape index (κ2) is 9.23. The minimum absolute atomic E-state index is 0.123. The third-order valence-electron chi connectivity index (χ3n) is 2.86. The van der Waals surface area contributed by atoms with Gasteiger partial charge in [0.1, 0.15) is 0 Å². The number of hydrogen-bond acceptors (Lipinski definition) is 4. The van der Waals surface area contributed by atoms with Gasteiger partial charge in [0.05, 0.1) is 0 Å². The number of amides is 1. The highest BCUT2D eigenvalue weighted by molar-refractivity contribution is 6.30. The second-order valence-electron chi connectivity index (χ2n) is 4.65. The minimum Gasteiger partial charge on any atom is -0.428 e. The number of benzene rings is 1. The van der Waals surface area contributed by atoms with Crippen LogP contribution in [0, 0.1) is 0 Å². The molecule has 0 fully saturated rings. The van der Waals surface area contributed by atoms with Crippen molar-refractivity contribution >= 4 is 23.7 Å².